The fourth-order valence-electron chi connectivity index (χ4n) is 5.75. The van der Waals surface area contributed by atoms with Crippen molar-refractivity contribution in [1.82, 2.24) is 0 Å². The van der Waals surface area contributed by atoms with E-state index >= 15 is 0 Å². The molecule has 3 aliphatic rings. The Balaban J connectivity index is 1.60. The van der Waals surface area contributed by atoms with Gasteiger partial charge >= 0.3 is 0 Å². The maximum Gasteiger partial charge on any atom is 0.269 e. The zero-order valence-electron chi connectivity index (χ0n) is 25.1. The molecule has 1 aromatic rings. The molecule has 5 N–H and O–H groups in total. The zero-order chi connectivity index (χ0) is 35.7. The molecule has 0 spiro atoms. The quantitative estimate of drug-likeness (QED) is 0.0596. The van der Waals surface area contributed by atoms with Crippen LogP contribution in [-0.4, -0.2) is 129 Å². The number of azide groups is 4. The SMILES string of the molecule is [N-]=[N+]=NC[C@@H]1O[C@H](O[C@H]2[C@@H](O)[C@H](O[C@H]3[C@H](O)[C@@H](N=[N+]=[N-])C[C@@H](N=[N+]=[N-])[C@@H]3OCc3cccc([N+](=O)[O-])c3)O[C@@H]2CO)[C@H](N=[N+]=[N-])[C@@H](O)[C@@H]1O. The van der Waals surface area contributed by atoms with E-state index in [0.29, 0.717) is 5.56 Å². The van der Waals surface area contributed by atoms with Crippen LogP contribution in [0.3, 0.4) is 0 Å². The van der Waals surface area contributed by atoms with Crippen molar-refractivity contribution in [2.45, 2.75) is 98.7 Å². The summed E-state index contributed by atoms with van der Waals surface area (Å²) in [6.45, 7) is -1.56. The molecule has 0 unspecified atom stereocenters. The van der Waals surface area contributed by atoms with Crippen molar-refractivity contribution in [3.63, 3.8) is 0 Å². The average molecular weight is 694 g/mol. The Kier molecular flexibility index (Phi) is 13.1. The predicted octanol–water partition coefficient (Wildman–Crippen LogP) is 0.887. The molecule has 25 heteroatoms. The monoisotopic (exact) mass is 693 g/mol. The molecule has 2 saturated heterocycles. The summed E-state index contributed by atoms with van der Waals surface area (Å²) in [6.07, 6.45) is -17.6. The lowest BCUT2D eigenvalue weighted by Crippen LogP contribution is -2.60. The van der Waals surface area contributed by atoms with Crippen LogP contribution in [0.5, 0.6) is 0 Å². The highest BCUT2D eigenvalue weighted by atomic mass is 16.8. The maximum atomic E-state index is 11.3. The molecule has 0 amide bonds. The minimum atomic E-state index is -1.81. The molecule has 0 bridgehead atoms. The largest absolute Gasteiger partial charge is 0.394 e. The number of non-ortho nitro benzene ring substituents is 1. The van der Waals surface area contributed by atoms with Crippen LogP contribution < -0.4 is 0 Å². The first-order valence-corrected chi connectivity index (χ1v) is 14.5. The fourth-order valence-corrected chi connectivity index (χ4v) is 5.75. The summed E-state index contributed by atoms with van der Waals surface area (Å²) in [6, 6.07) is 1.50. The summed E-state index contributed by atoms with van der Waals surface area (Å²) in [5.41, 5.74) is 36.1. The second kappa shape index (κ2) is 17.2. The number of rotatable bonds is 14. The highest BCUT2D eigenvalue weighted by Crippen LogP contribution is 2.36. The van der Waals surface area contributed by atoms with Crippen LogP contribution >= 0.6 is 0 Å². The molecule has 3 fully saturated rings. The van der Waals surface area contributed by atoms with E-state index in [1.165, 1.54) is 24.3 Å². The third-order valence-corrected chi connectivity index (χ3v) is 8.11. The Labute approximate surface area is 274 Å². The first-order valence-electron chi connectivity index (χ1n) is 14.5. The number of hydrogen-bond acceptors (Lipinski definition) is 16. The molecule has 2 aliphatic heterocycles. The fraction of sp³-hybridized carbons (Fsp3) is 0.750. The molecule has 1 aliphatic carbocycles. The molecule has 14 atom stereocenters. The summed E-state index contributed by atoms with van der Waals surface area (Å²) in [5, 5.41) is 78.7. The minimum absolute atomic E-state index is 0.196. The molecule has 1 saturated carbocycles. The number of nitro benzene ring substituents is 1. The Bertz CT molecular complexity index is 1520. The average Bonchev–Trinajstić information content (AvgIpc) is 3.38. The van der Waals surface area contributed by atoms with Gasteiger partial charge in [-0.1, -0.05) is 32.6 Å². The van der Waals surface area contributed by atoms with Gasteiger partial charge in [0.05, 0.1) is 61.2 Å². The van der Waals surface area contributed by atoms with Crippen molar-refractivity contribution in [2.75, 3.05) is 13.2 Å². The summed E-state index contributed by atoms with van der Waals surface area (Å²) in [4.78, 5) is 21.3. The van der Waals surface area contributed by atoms with Crippen molar-refractivity contribution in [1.29, 1.82) is 0 Å². The van der Waals surface area contributed by atoms with E-state index in [4.69, 9.17) is 40.3 Å². The van der Waals surface area contributed by atoms with Gasteiger partial charge in [0, 0.05) is 31.8 Å². The molecule has 49 heavy (non-hydrogen) atoms. The number of ether oxygens (including phenoxy) is 5. The van der Waals surface area contributed by atoms with Gasteiger partial charge in [-0.2, -0.15) is 0 Å². The number of benzene rings is 1. The van der Waals surface area contributed by atoms with Crippen LogP contribution in [0.15, 0.2) is 44.7 Å². The molecule has 2 heterocycles. The number of aliphatic hydroxyl groups is 5. The number of hydrogen-bond donors (Lipinski definition) is 5. The standard InChI is InChI=1S/C24H31N13O12/c25-33-29-6-13-17(40)18(41)15(32-36-28)23(46-13)48-21-14(7-38)47-24(19(21)42)49-22-16(39)11(30-34-26)5-12(31-35-27)20(22)45-8-9-2-1-3-10(4-9)37(43)44/h1-4,11-24,38-42H,5-8H2/t11-,12+,13-,14+,15+,16+,17+,18+,19+,20-,21+,22-,23+,24-/m0/s1. The second-order valence-corrected chi connectivity index (χ2v) is 11.0. The lowest BCUT2D eigenvalue weighted by atomic mass is 9.84. The summed E-state index contributed by atoms with van der Waals surface area (Å²) in [5.74, 6) is 0. The van der Waals surface area contributed by atoms with E-state index in [2.05, 4.69) is 40.1 Å². The lowest BCUT2D eigenvalue weighted by Gasteiger charge is -2.43. The molecular weight excluding hydrogens is 662 g/mol. The van der Waals surface area contributed by atoms with Crippen LogP contribution in [0.25, 0.3) is 41.8 Å². The van der Waals surface area contributed by atoms with Crippen molar-refractivity contribution in [2.24, 2.45) is 20.5 Å². The first-order chi connectivity index (χ1) is 23.6. The predicted molar refractivity (Wildman–Crippen MR) is 157 cm³/mol. The Morgan fingerprint density at radius 1 is 0.837 bits per heavy atom. The smallest absolute Gasteiger partial charge is 0.269 e. The zero-order valence-corrected chi connectivity index (χ0v) is 25.1. The van der Waals surface area contributed by atoms with Crippen molar-refractivity contribution >= 4 is 5.69 Å². The van der Waals surface area contributed by atoms with Gasteiger partial charge in [-0.15, -0.1) is 0 Å². The molecule has 0 radical (unpaired) electrons. The second-order valence-electron chi connectivity index (χ2n) is 11.0. The van der Waals surface area contributed by atoms with Gasteiger partial charge in [-0.3, -0.25) is 10.1 Å². The van der Waals surface area contributed by atoms with Gasteiger partial charge < -0.3 is 49.2 Å². The van der Waals surface area contributed by atoms with Crippen molar-refractivity contribution in [3.8, 4) is 0 Å². The normalized spacial score (nSPS) is 37.1. The molecule has 264 valence electrons. The minimum Gasteiger partial charge on any atom is -0.394 e. The Morgan fingerprint density at radius 2 is 1.51 bits per heavy atom. The number of nitrogens with zero attached hydrogens (tertiary/aromatic N) is 13. The van der Waals surface area contributed by atoms with Crippen molar-refractivity contribution in [3.05, 3.63) is 81.7 Å². The van der Waals surface area contributed by atoms with Gasteiger partial charge in [0.15, 0.2) is 12.6 Å². The van der Waals surface area contributed by atoms with Crippen LogP contribution in [-0.2, 0) is 30.3 Å². The van der Waals surface area contributed by atoms with E-state index in [9.17, 15) is 41.2 Å². The maximum absolute atomic E-state index is 11.3. The summed E-state index contributed by atoms with van der Waals surface area (Å²) in [7, 11) is 0. The number of nitro groups is 1. The lowest BCUT2D eigenvalue weighted by molar-refractivity contribution is -0.385. The molecule has 4 rings (SSSR count). The summed E-state index contributed by atoms with van der Waals surface area (Å²) >= 11 is 0. The van der Waals surface area contributed by atoms with Gasteiger partial charge in [0.2, 0.25) is 0 Å². The van der Waals surface area contributed by atoms with Crippen LogP contribution in [0.4, 0.5) is 5.69 Å². The molecule has 0 aromatic heterocycles. The van der Waals surface area contributed by atoms with Gasteiger partial charge in [-0.25, -0.2) is 0 Å². The highest BCUT2D eigenvalue weighted by molar-refractivity contribution is 5.33. The van der Waals surface area contributed by atoms with Crippen LogP contribution in [0, 0.1) is 10.1 Å². The Hall–Kier alpha value is -4.54. The first kappa shape index (κ1) is 37.3. The Morgan fingerprint density at radius 3 is 2.16 bits per heavy atom. The third kappa shape index (κ3) is 8.55. The topological polar surface area (TPSA) is 385 Å². The molecule has 1 aromatic carbocycles. The van der Waals surface area contributed by atoms with E-state index < -0.39 is 104 Å². The van der Waals surface area contributed by atoms with E-state index in [-0.39, 0.29) is 18.7 Å². The molecule has 25 nitrogen and oxygen atoms in total. The van der Waals surface area contributed by atoms with Gasteiger partial charge in [0.1, 0.15) is 36.6 Å². The van der Waals surface area contributed by atoms with Gasteiger partial charge in [-0.05, 0) is 34.1 Å². The third-order valence-electron chi connectivity index (χ3n) is 8.11. The van der Waals surface area contributed by atoms with E-state index in [1.807, 2.05) is 0 Å². The molecular formula is C24H31N13O12. The summed E-state index contributed by atoms with van der Waals surface area (Å²) < 4.78 is 29.0. The number of aliphatic hydroxyl groups excluding tert-OH is 5. The van der Waals surface area contributed by atoms with Gasteiger partial charge in [0.25, 0.3) is 5.69 Å². The van der Waals surface area contributed by atoms with E-state index in [1.54, 1.807) is 0 Å². The van der Waals surface area contributed by atoms with E-state index in [0.717, 1.165) is 0 Å². The highest BCUT2D eigenvalue weighted by Gasteiger charge is 2.54. The van der Waals surface area contributed by atoms with Crippen LogP contribution in [0.1, 0.15) is 12.0 Å². The van der Waals surface area contributed by atoms with Crippen LogP contribution in [0.2, 0.25) is 0 Å². The van der Waals surface area contributed by atoms with Crippen molar-refractivity contribution < 1.29 is 54.1 Å².